The summed E-state index contributed by atoms with van der Waals surface area (Å²) >= 11 is 11.8. The first kappa shape index (κ1) is 20.9. The van der Waals surface area contributed by atoms with Crippen LogP contribution in [0.3, 0.4) is 0 Å². The Hall–Kier alpha value is -2.44. The molecule has 0 unspecified atom stereocenters. The molecule has 0 bridgehead atoms. The van der Waals surface area contributed by atoms with E-state index >= 15 is 0 Å². The van der Waals surface area contributed by atoms with Gasteiger partial charge in [-0.3, -0.25) is 4.79 Å². The number of esters is 1. The zero-order valence-corrected chi connectivity index (χ0v) is 16.2. The average Bonchev–Trinajstić information content (AvgIpc) is 2.66. The van der Waals surface area contributed by atoms with Gasteiger partial charge in [0, 0.05) is 5.02 Å². The summed E-state index contributed by atoms with van der Waals surface area (Å²) in [6.45, 7) is 1.70. The van der Waals surface area contributed by atoms with Gasteiger partial charge in [0.05, 0.1) is 17.3 Å². The standard InChI is InChI=1S/C19H19Cl2NO5/c1-2-9-25-16-5-3-4-6-17(16)26-12-19(24)27-11-18(23)22-15-10-13(20)7-8-14(15)21/h3-8,10H,2,9,11-12H2,1H3,(H,22,23). The SMILES string of the molecule is CCCOc1ccccc1OCC(=O)OCC(=O)Nc1cc(Cl)ccc1Cl. The Morgan fingerprint density at radius 3 is 2.41 bits per heavy atom. The second kappa shape index (κ2) is 10.6. The van der Waals surface area contributed by atoms with Gasteiger partial charge in [0.2, 0.25) is 0 Å². The smallest absolute Gasteiger partial charge is 0.344 e. The van der Waals surface area contributed by atoms with E-state index in [2.05, 4.69) is 5.32 Å². The number of carbonyl (C=O) groups excluding carboxylic acids is 2. The Morgan fingerprint density at radius 1 is 1.00 bits per heavy atom. The molecular weight excluding hydrogens is 393 g/mol. The van der Waals surface area contributed by atoms with E-state index in [9.17, 15) is 9.59 Å². The Balaban J connectivity index is 1.79. The van der Waals surface area contributed by atoms with Crippen molar-refractivity contribution in [1.29, 1.82) is 0 Å². The topological polar surface area (TPSA) is 73.9 Å². The van der Waals surface area contributed by atoms with Gasteiger partial charge < -0.3 is 19.5 Å². The predicted octanol–water partition coefficient (Wildman–Crippen LogP) is 4.34. The van der Waals surface area contributed by atoms with Crippen LogP contribution in [-0.2, 0) is 14.3 Å². The molecule has 0 aliphatic rings. The Kier molecular flexibility index (Phi) is 8.23. The molecule has 0 saturated heterocycles. The van der Waals surface area contributed by atoms with Crippen LogP contribution in [0.2, 0.25) is 10.0 Å². The van der Waals surface area contributed by atoms with Crippen LogP contribution in [0.1, 0.15) is 13.3 Å². The molecule has 0 radical (unpaired) electrons. The van der Waals surface area contributed by atoms with Crippen molar-refractivity contribution in [3.05, 3.63) is 52.5 Å². The fourth-order valence-electron chi connectivity index (χ4n) is 2.00. The summed E-state index contributed by atoms with van der Waals surface area (Å²) in [5, 5.41) is 3.26. The quantitative estimate of drug-likeness (QED) is 0.621. The van der Waals surface area contributed by atoms with E-state index in [1.54, 1.807) is 30.3 Å². The van der Waals surface area contributed by atoms with Crippen molar-refractivity contribution >= 4 is 40.8 Å². The van der Waals surface area contributed by atoms with Gasteiger partial charge in [-0.15, -0.1) is 0 Å². The van der Waals surface area contributed by atoms with E-state index < -0.39 is 18.5 Å². The number of hydrogen-bond acceptors (Lipinski definition) is 5. The second-order valence-electron chi connectivity index (χ2n) is 5.42. The number of halogens is 2. The lowest BCUT2D eigenvalue weighted by molar-refractivity contribution is -0.149. The predicted molar refractivity (Wildman–Crippen MR) is 104 cm³/mol. The highest BCUT2D eigenvalue weighted by atomic mass is 35.5. The summed E-state index contributed by atoms with van der Waals surface area (Å²) < 4.78 is 15.8. The minimum absolute atomic E-state index is 0.325. The number of rotatable bonds is 9. The fraction of sp³-hybridized carbons (Fsp3) is 0.263. The molecule has 2 rings (SSSR count). The van der Waals surface area contributed by atoms with Crippen LogP contribution < -0.4 is 14.8 Å². The van der Waals surface area contributed by atoms with E-state index in [1.165, 1.54) is 6.07 Å². The van der Waals surface area contributed by atoms with Crippen LogP contribution in [0.25, 0.3) is 0 Å². The molecule has 0 saturated carbocycles. The molecule has 8 heteroatoms. The first-order chi connectivity index (χ1) is 13.0. The van der Waals surface area contributed by atoms with Gasteiger partial charge in [0.15, 0.2) is 24.7 Å². The van der Waals surface area contributed by atoms with E-state index in [1.807, 2.05) is 13.0 Å². The van der Waals surface area contributed by atoms with Crippen molar-refractivity contribution in [3.8, 4) is 11.5 Å². The van der Waals surface area contributed by atoms with E-state index in [4.69, 9.17) is 37.4 Å². The molecule has 1 N–H and O–H groups in total. The Bertz CT molecular complexity index is 797. The molecule has 0 aliphatic heterocycles. The Morgan fingerprint density at radius 2 is 1.70 bits per heavy atom. The molecule has 0 aromatic heterocycles. The lowest BCUT2D eigenvalue weighted by atomic mass is 10.3. The van der Waals surface area contributed by atoms with Crippen molar-refractivity contribution in [2.75, 3.05) is 25.1 Å². The Labute approximate surface area is 167 Å². The summed E-state index contributed by atoms with van der Waals surface area (Å²) in [7, 11) is 0. The second-order valence-corrected chi connectivity index (χ2v) is 6.26. The van der Waals surface area contributed by atoms with Crippen LogP contribution in [0.5, 0.6) is 11.5 Å². The average molecular weight is 412 g/mol. The largest absolute Gasteiger partial charge is 0.490 e. The highest BCUT2D eigenvalue weighted by Gasteiger charge is 2.12. The maximum Gasteiger partial charge on any atom is 0.344 e. The normalized spacial score (nSPS) is 10.2. The minimum atomic E-state index is -0.687. The number of carbonyl (C=O) groups is 2. The van der Waals surface area contributed by atoms with Gasteiger partial charge >= 0.3 is 5.97 Å². The number of amides is 1. The lowest BCUT2D eigenvalue weighted by Crippen LogP contribution is -2.23. The van der Waals surface area contributed by atoms with Gasteiger partial charge in [-0.25, -0.2) is 4.79 Å². The molecule has 2 aromatic carbocycles. The van der Waals surface area contributed by atoms with Crippen LogP contribution in [0.4, 0.5) is 5.69 Å². The highest BCUT2D eigenvalue weighted by molar-refractivity contribution is 6.35. The van der Waals surface area contributed by atoms with Crippen LogP contribution in [0, 0.1) is 0 Å². The van der Waals surface area contributed by atoms with Crippen molar-refractivity contribution in [2.24, 2.45) is 0 Å². The molecule has 0 atom stereocenters. The van der Waals surface area contributed by atoms with Crippen molar-refractivity contribution in [2.45, 2.75) is 13.3 Å². The number of hydrogen-bond donors (Lipinski definition) is 1. The van der Waals surface area contributed by atoms with Crippen molar-refractivity contribution < 1.29 is 23.8 Å². The van der Waals surface area contributed by atoms with Gasteiger partial charge in [-0.1, -0.05) is 42.3 Å². The van der Waals surface area contributed by atoms with Gasteiger partial charge in [-0.2, -0.15) is 0 Å². The number of benzene rings is 2. The number of ether oxygens (including phenoxy) is 3. The van der Waals surface area contributed by atoms with E-state index in [-0.39, 0.29) is 6.61 Å². The maximum atomic E-state index is 11.9. The third-order valence-electron chi connectivity index (χ3n) is 3.22. The molecule has 6 nitrogen and oxygen atoms in total. The molecule has 27 heavy (non-hydrogen) atoms. The zero-order chi connectivity index (χ0) is 19.6. The third-order valence-corrected chi connectivity index (χ3v) is 3.79. The van der Waals surface area contributed by atoms with Crippen LogP contribution in [0.15, 0.2) is 42.5 Å². The van der Waals surface area contributed by atoms with Crippen LogP contribution in [-0.4, -0.2) is 31.7 Å². The summed E-state index contributed by atoms with van der Waals surface area (Å²) in [5.41, 5.74) is 0.337. The number of anilines is 1. The van der Waals surface area contributed by atoms with Gasteiger partial charge in [0.1, 0.15) is 0 Å². The molecule has 0 aliphatic carbocycles. The molecule has 0 spiro atoms. The molecule has 0 heterocycles. The minimum Gasteiger partial charge on any atom is -0.490 e. The van der Waals surface area contributed by atoms with E-state index in [0.29, 0.717) is 33.8 Å². The zero-order valence-electron chi connectivity index (χ0n) is 14.7. The number of para-hydroxylation sites is 2. The first-order valence-corrected chi connectivity index (χ1v) is 9.00. The molecule has 2 aromatic rings. The maximum absolute atomic E-state index is 11.9. The first-order valence-electron chi connectivity index (χ1n) is 8.24. The molecule has 144 valence electrons. The summed E-state index contributed by atoms with van der Waals surface area (Å²) in [4.78, 5) is 23.7. The fourth-order valence-corrected chi connectivity index (χ4v) is 2.34. The lowest BCUT2D eigenvalue weighted by Gasteiger charge is -2.12. The molecule has 0 fully saturated rings. The molecule has 1 amide bonds. The van der Waals surface area contributed by atoms with E-state index in [0.717, 1.165) is 6.42 Å². The third kappa shape index (κ3) is 7.00. The number of nitrogens with one attached hydrogen (secondary N) is 1. The summed E-state index contributed by atoms with van der Waals surface area (Å²) in [6.07, 6.45) is 0.849. The van der Waals surface area contributed by atoms with Crippen molar-refractivity contribution in [1.82, 2.24) is 0 Å². The van der Waals surface area contributed by atoms with Crippen molar-refractivity contribution in [3.63, 3.8) is 0 Å². The van der Waals surface area contributed by atoms with Crippen LogP contribution >= 0.6 is 23.2 Å². The monoisotopic (exact) mass is 411 g/mol. The summed E-state index contributed by atoms with van der Waals surface area (Å²) in [5.74, 6) is -0.259. The summed E-state index contributed by atoms with van der Waals surface area (Å²) in [6, 6.07) is 11.7. The van der Waals surface area contributed by atoms with Gasteiger partial charge in [-0.05, 0) is 36.8 Å². The van der Waals surface area contributed by atoms with Gasteiger partial charge in [0.25, 0.3) is 5.91 Å². The highest BCUT2D eigenvalue weighted by Crippen LogP contribution is 2.27. The molecular formula is C19H19Cl2NO5.